The highest BCUT2D eigenvalue weighted by atomic mass is 35.5. The zero-order valence-corrected chi connectivity index (χ0v) is 24.4. The molecule has 0 bridgehead atoms. The van der Waals surface area contributed by atoms with Gasteiger partial charge in [-0.05, 0) is 48.8 Å². The molecule has 0 spiro atoms. The molecule has 1 saturated heterocycles. The van der Waals surface area contributed by atoms with Gasteiger partial charge in [0, 0.05) is 24.9 Å². The van der Waals surface area contributed by atoms with E-state index in [9.17, 15) is 27.2 Å². The number of allylic oxidation sites excluding steroid dienone is 1. The van der Waals surface area contributed by atoms with Crippen LogP contribution in [0.2, 0.25) is 5.02 Å². The number of dihydropyridines is 1. The lowest BCUT2D eigenvalue weighted by Gasteiger charge is -2.42. The molecule has 2 aromatic heterocycles. The average Bonchev–Trinajstić information content (AvgIpc) is 2.96. The number of aliphatic imine (C=N–C) groups is 1. The number of anilines is 1. The van der Waals surface area contributed by atoms with Crippen molar-refractivity contribution >= 4 is 40.6 Å². The van der Waals surface area contributed by atoms with Gasteiger partial charge in [-0.15, -0.1) is 0 Å². The maximum Gasteiger partial charge on any atom is 0.410 e. The lowest BCUT2D eigenvalue weighted by Crippen LogP contribution is -2.60. The molecule has 2 aliphatic rings. The highest BCUT2D eigenvalue weighted by Crippen LogP contribution is 2.39. The Kier molecular flexibility index (Phi) is 8.17. The first-order chi connectivity index (χ1) is 20.3. The summed E-state index contributed by atoms with van der Waals surface area (Å²) in [6.45, 7) is 8.05. The molecule has 4 heterocycles. The van der Waals surface area contributed by atoms with Gasteiger partial charge in [-0.3, -0.25) is 14.4 Å². The quantitative estimate of drug-likeness (QED) is 0.275. The van der Waals surface area contributed by atoms with Gasteiger partial charge in [0.1, 0.15) is 23.3 Å². The molecule has 0 saturated carbocycles. The van der Waals surface area contributed by atoms with Crippen molar-refractivity contribution in [1.29, 1.82) is 0 Å². The van der Waals surface area contributed by atoms with Crippen molar-refractivity contribution in [2.75, 3.05) is 24.5 Å². The minimum Gasteiger partial charge on any atom is -0.341 e. The molecule has 1 fully saturated rings. The van der Waals surface area contributed by atoms with Crippen LogP contribution in [0.4, 0.5) is 23.4 Å². The number of fused-ring (bicyclic) bond motifs is 1. The Morgan fingerprint density at radius 1 is 1.19 bits per heavy atom. The molecule has 0 radical (unpaired) electrons. The van der Waals surface area contributed by atoms with Crippen LogP contribution in [0, 0.1) is 11.7 Å². The third-order valence-electron chi connectivity index (χ3n) is 7.82. The van der Waals surface area contributed by atoms with Gasteiger partial charge in [0.25, 0.3) is 0 Å². The van der Waals surface area contributed by atoms with E-state index < -0.39 is 48.3 Å². The summed E-state index contributed by atoms with van der Waals surface area (Å²) in [5, 5.41) is 0.0384. The van der Waals surface area contributed by atoms with E-state index in [4.69, 9.17) is 11.6 Å². The number of aromatic nitrogens is 3. The third-order valence-corrected chi connectivity index (χ3v) is 8.11. The second-order valence-corrected chi connectivity index (χ2v) is 11.3. The average molecular weight is 617 g/mol. The Balaban J connectivity index is 1.80. The number of carbonyl (C=O) groups is 1. The van der Waals surface area contributed by atoms with Crippen LogP contribution in [0.25, 0.3) is 22.3 Å². The van der Waals surface area contributed by atoms with E-state index in [1.165, 1.54) is 28.8 Å². The monoisotopic (exact) mass is 616 g/mol. The lowest BCUT2D eigenvalue weighted by atomic mass is 9.90. The molecule has 0 aliphatic carbocycles. The number of hydrogen-bond acceptors (Lipinski definition) is 6. The number of pyridine rings is 1. The number of piperazine rings is 1. The largest absolute Gasteiger partial charge is 0.410 e. The zero-order valence-electron chi connectivity index (χ0n) is 23.6. The van der Waals surface area contributed by atoms with Crippen molar-refractivity contribution in [1.82, 2.24) is 19.4 Å². The summed E-state index contributed by atoms with van der Waals surface area (Å²) < 4.78 is 59.6. The Morgan fingerprint density at radius 3 is 2.56 bits per heavy atom. The van der Waals surface area contributed by atoms with Crippen molar-refractivity contribution < 1.29 is 22.4 Å². The Morgan fingerprint density at radius 2 is 1.91 bits per heavy atom. The van der Waals surface area contributed by atoms with Gasteiger partial charge in [0.2, 0.25) is 5.91 Å². The van der Waals surface area contributed by atoms with E-state index in [0.717, 1.165) is 21.4 Å². The third kappa shape index (κ3) is 5.55. The van der Waals surface area contributed by atoms with E-state index in [0.29, 0.717) is 0 Å². The van der Waals surface area contributed by atoms with Crippen LogP contribution in [-0.2, 0) is 4.79 Å². The number of hydrogen-bond donors (Lipinski definition) is 0. The van der Waals surface area contributed by atoms with Gasteiger partial charge in [-0.2, -0.15) is 18.2 Å². The van der Waals surface area contributed by atoms with Crippen LogP contribution >= 0.6 is 11.6 Å². The second-order valence-electron chi connectivity index (χ2n) is 10.9. The van der Waals surface area contributed by atoms with E-state index >= 15 is 0 Å². The van der Waals surface area contributed by atoms with Gasteiger partial charge in [0.15, 0.2) is 0 Å². The molecule has 8 nitrogen and oxygen atoms in total. The summed E-state index contributed by atoms with van der Waals surface area (Å²) in [7, 11) is 0. The van der Waals surface area contributed by atoms with E-state index in [2.05, 4.69) is 21.5 Å². The van der Waals surface area contributed by atoms with Crippen molar-refractivity contribution in [2.24, 2.45) is 10.9 Å². The number of rotatable bonds is 5. The maximum atomic E-state index is 14.9. The molecule has 43 heavy (non-hydrogen) atoms. The highest BCUT2D eigenvalue weighted by molar-refractivity contribution is 6.33. The summed E-state index contributed by atoms with van der Waals surface area (Å²) in [6.07, 6.45) is -0.426. The van der Waals surface area contributed by atoms with Gasteiger partial charge in [0.05, 0.1) is 34.7 Å². The van der Waals surface area contributed by atoms with Crippen LogP contribution in [0.1, 0.15) is 26.8 Å². The van der Waals surface area contributed by atoms with Gasteiger partial charge < -0.3 is 9.80 Å². The maximum absolute atomic E-state index is 14.9. The Hall–Kier alpha value is -4.06. The summed E-state index contributed by atoms with van der Waals surface area (Å²) >= 11 is 6.63. The van der Waals surface area contributed by atoms with Gasteiger partial charge in [-0.25, -0.2) is 14.2 Å². The van der Waals surface area contributed by atoms with Crippen molar-refractivity contribution in [3.8, 4) is 11.3 Å². The molecule has 2 aliphatic heterocycles. The number of amides is 1. The predicted molar refractivity (Wildman–Crippen MR) is 158 cm³/mol. The first-order valence-corrected chi connectivity index (χ1v) is 14.0. The topological polar surface area (TPSA) is 83.7 Å². The Labute approximate surface area is 250 Å². The number of benzene rings is 1. The standard InChI is InChI=1S/C30H29ClF4N6O2/c1-5-23(42)39-12-13-40(22(15-39)30(33,34)35)27-19-14-20(31)25(18-8-6-7-9-21(18)32)37-28(19)41(29(43)38-27)26-17(4)10-11-36-24(26)16(2)3/h5-11,14,16,22,24,26H,1,12-13,15H2,2-4H3. The summed E-state index contributed by atoms with van der Waals surface area (Å²) in [6, 6.07) is 3.93. The van der Waals surface area contributed by atoms with Crippen LogP contribution < -0.4 is 10.6 Å². The van der Waals surface area contributed by atoms with Crippen molar-refractivity contribution in [2.45, 2.75) is 45.1 Å². The van der Waals surface area contributed by atoms with Crippen molar-refractivity contribution in [3.63, 3.8) is 0 Å². The fourth-order valence-electron chi connectivity index (χ4n) is 5.68. The number of halogens is 5. The normalized spacial score (nSPS) is 21.0. The first-order valence-electron chi connectivity index (χ1n) is 13.7. The van der Waals surface area contributed by atoms with Crippen LogP contribution in [0.5, 0.6) is 0 Å². The summed E-state index contributed by atoms with van der Waals surface area (Å²) in [5.74, 6) is -1.56. The van der Waals surface area contributed by atoms with E-state index in [1.54, 1.807) is 18.4 Å². The molecular formula is C30H29ClF4N6O2. The number of alkyl halides is 3. The minimum atomic E-state index is -4.78. The summed E-state index contributed by atoms with van der Waals surface area (Å²) in [4.78, 5) is 41.6. The van der Waals surface area contributed by atoms with Crippen LogP contribution in [-0.4, -0.2) is 69.5 Å². The fourth-order valence-corrected chi connectivity index (χ4v) is 5.94. The van der Waals surface area contributed by atoms with Crippen LogP contribution in [0.15, 0.2) is 64.4 Å². The molecule has 226 valence electrons. The minimum absolute atomic E-state index is 0.0105. The first kappa shape index (κ1) is 30.4. The molecule has 3 atom stereocenters. The molecule has 1 aromatic carbocycles. The van der Waals surface area contributed by atoms with Gasteiger partial charge in [-0.1, -0.05) is 44.2 Å². The fraction of sp³-hybridized carbons (Fsp3) is 0.367. The molecular weight excluding hydrogens is 588 g/mol. The smallest absolute Gasteiger partial charge is 0.341 e. The van der Waals surface area contributed by atoms with Crippen LogP contribution in [0.3, 0.4) is 0 Å². The zero-order chi connectivity index (χ0) is 31.2. The van der Waals surface area contributed by atoms with Crippen molar-refractivity contribution in [3.05, 3.63) is 76.0 Å². The molecule has 3 aromatic rings. The number of carbonyl (C=O) groups excluding carboxylic acids is 1. The molecule has 3 unspecified atom stereocenters. The molecule has 0 N–H and O–H groups in total. The van der Waals surface area contributed by atoms with E-state index in [-0.39, 0.29) is 52.1 Å². The SMILES string of the molecule is C=CC(=O)N1CCN(c2nc(=O)n(C3C(C)=CC=NC3C(C)C)c3nc(-c4ccccc4F)c(Cl)cc23)C(C(F)(F)F)C1. The second kappa shape index (κ2) is 11.6. The predicted octanol–water partition coefficient (Wildman–Crippen LogP) is 5.61. The summed E-state index contributed by atoms with van der Waals surface area (Å²) in [5.41, 5.74) is -0.00809. The number of nitrogens with zero attached hydrogens (tertiary/aromatic N) is 6. The van der Waals surface area contributed by atoms with E-state index in [1.807, 2.05) is 20.8 Å². The Bertz CT molecular complexity index is 1720. The highest BCUT2D eigenvalue weighted by Gasteiger charge is 2.48. The molecule has 13 heteroatoms. The molecule has 1 amide bonds. The lowest BCUT2D eigenvalue weighted by molar-refractivity contribution is -0.159. The van der Waals surface area contributed by atoms with Gasteiger partial charge >= 0.3 is 11.9 Å². The molecule has 5 rings (SSSR count).